The second kappa shape index (κ2) is 4.11. The first-order chi connectivity index (χ1) is 7.20. The van der Waals surface area contributed by atoms with Crippen LogP contribution >= 0.6 is 15.9 Å². The summed E-state index contributed by atoms with van der Waals surface area (Å²) in [4.78, 5) is 0. The van der Waals surface area contributed by atoms with Crippen molar-refractivity contribution in [3.63, 3.8) is 0 Å². The number of aromatic nitrogens is 1. The van der Waals surface area contributed by atoms with E-state index >= 15 is 0 Å². The summed E-state index contributed by atoms with van der Waals surface area (Å²) in [5, 5.41) is 0. The Morgan fingerprint density at radius 3 is 2.27 bits per heavy atom. The van der Waals surface area contributed by atoms with E-state index in [1.54, 1.807) is 7.11 Å². The zero-order valence-electron chi connectivity index (χ0n) is 8.70. The molecule has 0 amide bonds. The Labute approximate surface area is 97.6 Å². The van der Waals surface area contributed by atoms with Crippen molar-refractivity contribution in [1.82, 2.24) is 4.57 Å². The number of nitrogens with zero attached hydrogens (tertiary/aromatic N) is 1. The lowest BCUT2D eigenvalue weighted by molar-refractivity contribution is 0.415. The van der Waals surface area contributed by atoms with E-state index in [0.29, 0.717) is 0 Å². The Balaban J connectivity index is 2.37. The van der Waals surface area contributed by atoms with Crippen LogP contribution in [-0.2, 0) is 0 Å². The molecule has 0 aliphatic heterocycles. The molecule has 0 fully saturated rings. The van der Waals surface area contributed by atoms with Gasteiger partial charge in [-0.1, -0.05) is 0 Å². The third-order valence-electron chi connectivity index (χ3n) is 2.33. The summed E-state index contributed by atoms with van der Waals surface area (Å²) in [6, 6.07) is 7.98. The van der Waals surface area contributed by atoms with Crippen molar-refractivity contribution in [2.45, 2.75) is 6.92 Å². The molecule has 15 heavy (non-hydrogen) atoms. The molecule has 0 spiro atoms. The third-order valence-corrected chi connectivity index (χ3v) is 3.16. The molecule has 1 heterocycles. The predicted molar refractivity (Wildman–Crippen MR) is 64.8 cm³/mol. The van der Waals surface area contributed by atoms with Crippen LogP contribution in [0.2, 0.25) is 0 Å². The normalized spacial score (nSPS) is 10.3. The Bertz CT molecular complexity index is 439. The van der Waals surface area contributed by atoms with Crippen LogP contribution in [0.4, 0.5) is 0 Å². The van der Waals surface area contributed by atoms with Crippen molar-refractivity contribution >= 4 is 15.9 Å². The molecule has 0 bridgehead atoms. The van der Waals surface area contributed by atoms with Gasteiger partial charge in [-0.3, -0.25) is 0 Å². The van der Waals surface area contributed by atoms with Gasteiger partial charge in [0.25, 0.3) is 0 Å². The van der Waals surface area contributed by atoms with Gasteiger partial charge >= 0.3 is 0 Å². The maximum absolute atomic E-state index is 5.12. The first kappa shape index (κ1) is 10.3. The number of hydrogen-bond acceptors (Lipinski definition) is 1. The first-order valence-corrected chi connectivity index (χ1v) is 5.48. The van der Waals surface area contributed by atoms with Crippen molar-refractivity contribution < 1.29 is 4.74 Å². The molecule has 78 valence electrons. The van der Waals surface area contributed by atoms with Crippen LogP contribution in [0.3, 0.4) is 0 Å². The maximum Gasteiger partial charge on any atom is 0.119 e. The molecule has 1 aromatic heterocycles. The summed E-state index contributed by atoms with van der Waals surface area (Å²) in [6.07, 6.45) is 4.14. The van der Waals surface area contributed by atoms with E-state index < -0.39 is 0 Å². The van der Waals surface area contributed by atoms with E-state index in [4.69, 9.17) is 4.74 Å². The zero-order chi connectivity index (χ0) is 10.8. The summed E-state index contributed by atoms with van der Waals surface area (Å²) in [5.74, 6) is 0.877. The standard InChI is InChI=1S/C12H12BrNO/c1-9-7-14(8-12(9)13)10-3-5-11(15-2)6-4-10/h3-8H,1-2H3. The monoisotopic (exact) mass is 265 g/mol. The third kappa shape index (κ3) is 2.07. The van der Waals surface area contributed by atoms with Crippen LogP contribution in [0.15, 0.2) is 41.1 Å². The van der Waals surface area contributed by atoms with E-state index in [1.165, 1.54) is 5.56 Å². The Hall–Kier alpha value is -1.22. The van der Waals surface area contributed by atoms with Gasteiger partial charge in [0.2, 0.25) is 0 Å². The van der Waals surface area contributed by atoms with Crippen molar-refractivity contribution in [2.24, 2.45) is 0 Å². The van der Waals surface area contributed by atoms with Crippen LogP contribution in [0.25, 0.3) is 5.69 Å². The minimum absolute atomic E-state index is 0.877. The number of methoxy groups -OCH3 is 1. The second-order valence-corrected chi connectivity index (χ2v) is 4.25. The van der Waals surface area contributed by atoms with E-state index in [-0.39, 0.29) is 0 Å². The molecule has 0 saturated carbocycles. The van der Waals surface area contributed by atoms with E-state index in [9.17, 15) is 0 Å². The molecule has 0 atom stereocenters. The quantitative estimate of drug-likeness (QED) is 0.810. The van der Waals surface area contributed by atoms with Gasteiger partial charge in [0.1, 0.15) is 5.75 Å². The minimum Gasteiger partial charge on any atom is -0.497 e. The van der Waals surface area contributed by atoms with Gasteiger partial charge < -0.3 is 9.30 Å². The van der Waals surface area contributed by atoms with Crippen molar-refractivity contribution in [3.8, 4) is 11.4 Å². The molecule has 0 radical (unpaired) electrons. The van der Waals surface area contributed by atoms with Gasteiger partial charge in [-0.05, 0) is 52.7 Å². The topological polar surface area (TPSA) is 14.2 Å². The van der Waals surface area contributed by atoms with Crippen LogP contribution in [-0.4, -0.2) is 11.7 Å². The zero-order valence-corrected chi connectivity index (χ0v) is 10.3. The number of hydrogen-bond donors (Lipinski definition) is 0. The molecule has 0 saturated heterocycles. The summed E-state index contributed by atoms with van der Waals surface area (Å²) < 4.78 is 8.32. The SMILES string of the molecule is COc1ccc(-n2cc(C)c(Br)c2)cc1. The van der Waals surface area contributed by atoms with Crippen LogP contribution in [0, 0.1) is 6.92 Å². The van der Waals surface area contributed by atoms with Gasteiger partial charge in [0, 0.05) is 22.6 Å². The smallest absolute Gasteiger partial charge is 0.119 e. The van der Waals surface area contributed by atoms with E-state index in [2.05, 4.69) is 39.8 Å². The van der Waals surface area contributed by atoms with Crippen molar-refractivity contribution in [3.05, 3.63) is 46.7 Å². The molecular weight excluding hydrogens is 254 g/mol. The number of aryl methyl sites for hydroxylation is 1. The molecule has 0 N–H and O–H groups in total. The summed E-state index contributed by atoms with van der Waals surface area (Å²) >= 11 is 3.50. The molecule has 0 aliphatic rings. The van der Waals surface area contributed by atoms with E-state index in [1.807, 2.05) is 24.3 Å². The lowest BCUT2D eigenvalue weighted by Crippen LogP contribution is -1.89. The summed E-state index contributed by atoms with van der Waals surface area (Å²) in [5.41, 5.74) is 2.36. The van der Waals surface area contributed by atoms with Crippen LogP contribution in [0.1, 0.15) is 5.56 Å². The van der Waals surface area contributed by atoms with Gasteiger partial charge in [-0.25, -0.2) is 0 Å². The maximum atomic E-state index is 5.12. The van der Waals surface area contributed by atoms with Crippen molar-refractivity contribution in [1.29, 1.82) is 0 Å². The average Bonchev–Trinajstić information content (AvgIpc) is 2.59. The van der Waals surface area contributed by atoms with Gasteiger partial charge in [-0.2, -0.15) is 0 Å². The molecule has 3 heteroatoms. The fourth-order valence-electron chi connectivity index (χ4n) is 1.43. The number of ether oxygens (including phenoxy) is 1. The second-order valence-electron chi connectivity index (χ2n) is 3.39. The van der Waals surface area contributed by atoms with E-state index in [0.717, 1.165) is 15.9 Å². The highest BCUT2D eigenvalue weighted by molar-refractivity contribution is 9.10. The number of halogens is 1. The fourth-order valence-corrected chi connectivity index (χ4v) is 1.76. The van der Waals surface area contributed by atoms with Crippen molar-refractivity contribution in [2.75, 3.05) is 7.11 Å². The fraction of sp³-hybridized carbons (Fsp3) is 0.167. The number of rotatable bonds is 2. The summed E-state index contributed by atoms with van der Waals surface area (Å²) in [7, 11) is 1.67. The highest BCUT2D eigenvalue weighted by atomic mass is 79.9. The lowest BCUT2D eigenvalue weighted by Gasteiger charge is -2.04. The van der Waals surface area contributed by atoms with Crippen LogP contribution in [0.5, 0.6) is 5.75 Å². The average molecular weight is 266 g/mol. The molecule has 1 aromatic carbocycles. The highest BCUT2D eigenvalue weighted by Crippen LogP contribution is 2.21. The largest absolute Gasteiger partial charge is 0.497 e. The molecule has 0 unspecified atom stereocenters. The molecule has 2 rings (SSSR count). The first-order valence-electron chi connectivity index (χ1n) is 4.69. The van der Waals surface area contributed by atoms with Gasteiger partial charge in [-0.15, -0.1) is 0 Å². The predicted octanol–water partition coefficient (Wildman–Crippen LogP) is 3.56. The number of benzene rings is 1. The molecule has 0 aliphatic carbocycles. The Kier molecular flexibility index (Phi) is 2.82. The molecule has 2 nitrogen and oxygen atoms in total. The Morgan fingerprint density at radius 1 is 1.13 bits per heavy atom. The summed E-state index contributed by atoms with van der Waals surface area (Å²) in [6.45, 7) is 2.07. The van der Waals surface area contributed by atoms with Gasteiger partial charge in [0.15, 0.2) is 0 Å². The van der Waals surface area contributed by atoms with Gasteiger partial charge in [0.05, 0.1) is 7.11 Å². The molecular formula is C12H12BrNO. The molecule has 2 aromatic rings. The van der Waals surface area contributed by atoms with Crippen LogP contribution < -0.4 is 4.74 Å². The lowest BCUT2D eigenvalue weighted by atomic mass is 10.3. The minimum atomic E-state index is 0.877. The Morgan fingerprint density at radius 2 is 1.80 bits per heavy atom. The highest BCUT2D eigenvalue weighted by Gasteiger charge is 2.01.